The molecule has 0 bridgehead atoms. The Bertz CT molecular complexity index is 173. The smallest absolute Gasteiger partial charge is 0.0107 e. The summed E-state index contributed by atoms with van der Waals surface area (Å²) >= 11 is 1.95. The van der Waals surface area contributed by atoms with Crippen molar-refractivity contribution < 1.29 is 0 Å². The third-order valence-electron chi connectivity index (χ3n) is 3.60. The van der Waals surface area contributed by atoms with E-state index < -0.39 is 0 Å². The highest BCUT2D eigenvalue weighted by atomic mass is 32.2. The number of hydrogen-bond donors (Lipinski definition) is 1. The maximum absolute atomic E-state index is 3.66. The van der Waals surface area contributed by atoms with Crippen LogP contribution in [0.15, 0.2) is 0 Å². The van der Waals surface area contributed by atoms with E-state index in [0.29, 0.717) is 0 Å². The highest BCUT2D eigenvalue weighted by Gasteiger charge is 2.24. The largest absolute Gasteiger partial charge is 0.314 e. The zero-order valence-corrected chi connectivity index (χ0v) is 12.0. The molecule has 1 fully saturated rings. The Hall–Kier alpha value is 0.270. The molecule has 0 spiro atoms. The van der Waals surface area contributed by atoms with E-state index in [1.54, 1.807) is 0 Å². The summed E-state index contributed by atoms with van der Waals surface area (Å²) in [7, 11) is 2.27. The van der Waals surface area contributed by atoms with Crippen molar-refractivity contribution in [2.75, 3.05) is 38.7 Å². The van der Waals surface area contributed by atoms with E-state index in [0.717, 1.165) is 18.5 Å². The molecule has 1 aliphatic carbocycles. The van der Waals surface area contributed by atoms with Crippen LogP contribution in [-0.2, 0) is 0 Å². The Kier molecular flexibility index (Phi) is 7.50. The van der Waals surface area contributed by atoms with E-state index >= 15 is 0 Å². The first kappa shape index (κ1) is 14.3. The number of nitrogens with one attached hydrogen (secondary N) is 1. The lowest BCUT2D eigenvalue weighted by Gasteiger charge is -2.34. The summed E-state index contributed by atoms with van der Waals surface area (Å²) in [6.07, 6.45) is 7.84. The third-order valence-corrected chi connectivity index (χ3v) is 4.19. The topological polar surface area (TPSA) is 15.3 Å². The summed E-state index contributed by atoms with van der Waals surface area (Å²) in [5, 5.41) is 3.66. The minimum absolute atomic E-state index is 0.774. The maximum Gasteiger partial charge on any atom is 0.0107 e. The molecule has 0 radical (unpaired) electrons. The first-order valence-corrected chi connectivity index (χ1v) is 8.08. The van der Waals surface area contributed by atoms with Gasteiger partial charge in [-0.15, -0.1) is 0 Å². The van der Waals surface area contributed by atoms with Crippen molar-refractivity contribution >= 4 is 11.8 Å². The summed E-state index contributed by atoms with van der Waals surface area (Å²) in [6.45, 7) is 5.85. The molecule has 1 N–H and O–H groups in total. The summed E-state index contributed by atoms with van der Waals surface area (Å²) in [6, 6.07) is 0.774. The van der Waals surface area contributed by atoms with Crippen molar-refractivity contribution in [1.29, 1.82) is 0 Å². The van der Waals surface area contributed by atoms with Gasteiger partial charge in [0.25, 0.3) is 0 Å². The molecule has 2 unspecified atom stereocenters. The molecule has 1 rings (SSSR count). The summed E-state index contributed by atoms with van der Waals surface area (Å²) in [5.41, 5.74) is 0. The van der Waals surface area contributed by atoms with Crippen LogP contribution in [0, 0.1) is 5.92 Å². The molecule has 96 valence electrons. The second-order valence-electron chi connectivity index (χ2n) is 4.96. The molecular formula is C13H28N2S. The van der Waals surface area contributed by atoms with Crippen LogP contribution in [-0.4, -0.2) is 49.6 Å². The first-order valence-electron chi connectivity index (χ1n) is 6.68. The minimum atomic E-state index is 0.774. The molecule has 0 aromatic heterocycles. The Morgan fingerprint density at radius 2 is 2.06 bits per heavy atom. The van der Waals surface area contributed by atoms with Crippen LogP contribution < -0.4 is 5.32 Å². The van der Waals surface area contributed by atoms with Crippen LogP contribution in [0.4, 0.5) is 0 Å². The highest BCUT2D eigenvalue weighted by Crippen LogP contribution is 2.25. The van der Waals surface area contributed by atoms with Crippen molar-refractivity contribution in [2.45, 2.75) is 38.6 Å². The van der Waals surface area contributed by atoms with Crippen LogP contribution in [0.2, 0.25) is 0 Å². The summed E-state index contributed by atoms with van der Waals surface area (Å²) < 4.78 is 0. The van der Waals surface area contributed by atoms with E-state index in [1.807, 2.05) is 11.8 Å². The van der Waals surface area contributed by atoms with Gasteiger partial charge in [0.2, 0.25) is 0 Å². The van der Waals surface area contributed by atoms with Gasteiger partial charge in [-0.1, -0.05) is 19.8 Å². The van der Waals surface area contributed by atoms with Gasteiger partial charge in [-0.2, -0.15) is 11.8 Å². The van der Waals surface area contributed by atoms with Crippen molar-refractivity contribution in [2.24, 2.45) is 5.92 Å². The van der Waals surface area contributed by atoms with Gasteiger partial charge in [0, 0.05) is 24.9 Å². The molecule has 2 atom stereocenters. The predicted octanol–water partition coefficient (Wildman–Crippen LogP) is 2.45. The molecule has 0 amide bonds. The van der Waals surface area contributed by atoms with Crippen LogP contribution >= 0.6 is 11.8 Å². The zero-order valence-electron chi connectivity index (χ0n) is 11.2. The van der Waals surface area contributed by atoms with Crippen LogP contribution in [0.5, 0.6) is 0 Å². The van der Waals surface area contributed by atoms with Gasteiger partial charge in [0.05, 0.1) is 0 Å². The normalized spacial score (nSPS) is 26.2. The van der Waals surface area contributed by atoms with E-state index in [2.05, 4.69) is 30.4 Å². The average molecular weight is 244 g/mol. The van der Waals surface area contributed by atoms with Gasteiger partial charge in [-0.25, -0.2) is 0 Å². The SMILES string of the molecule is CCNC1CCCCC1CN(C)CCSC. The summed E-state index contributed by atoms with van der Waals surface area (Å²) in [5.74, 6) is 2.13. The number of hydrogen-bond acceptors (Lipinski definition) is 3. The minimum Gasteiger partial charge on any atom is -0.314 e. The molecule has 16 heavy (non-hydrogen) atoms. The van der Waals surface area contributed by atoms with Gasteiger partial charge < -0.3 is 10.2 Å². The fraction of sp³-hybridized carbons (Fsp3) is 1.00. The lowest BCUT2D eigenvalue weighted by molar-refractivity contribution is 0.196. The van der Waals surface area contributed by atoms with Crippen LogP contribution in [0.25, 0.3) is 0 Å². The van der Waals surface area contributed by atoms with Gasteiger partial charge in [-0.3, -0.25) is 0 Å². The second-order valence-corrected chi connectivity index (χ2v) is 5.95. The Morgan fingerprint density at radius 1 is 1.31 bits per heavy atom. The van der Waals surface area contributed by atoms with Gasteiger partial charge in [0.1, 0.15) is 0 Å². The van der Waals surface area contributed by atoms with E-state index in [9.17, 15) is 0 Å². The summed E-state index contributed by atoms with van der Waals surface area (Å²) in [4.78, 5) is 2.51. The number of nitrogens with zero attached hydrogens (tertiary/aromatic N) is 1. The van der Waals surface area contributed by atoms with Gasteiger partial charge >= 0.3 is 0 Å². The monoisotopic (exact) mass is 244 g/mol. The van der Waals surface area contributed by atoms with E-state index in [4.69, 9.17) is 0 Å². The quantitative estimate of drug-likeness (QED) is 0.740. The zero-order chi connectivity index (χ0) is 11.8. The fourth-order valence-corrected chi connectivity index (χ4v) is 3.19. The second kappa shape index (κ2) is 8.37. The molecule has 0 aromatic rings. The van der Waals surface area contributed by atoms with Crippen LogP contribution in [0.3, 0.4) is 0 Å². The molecule has 0 aliphatic heterocycles. The molecule has 3 heteroatoms. The number of thioether (sulfide) groups is 1. The Labute approximate surface area is 106 Å². The van der Waals surface area contributed by atoms with Gasteiger partial charge in [0.15, 0.2) is 0 Å². The molecular weight excluding hydrogens is 216 g/mol. The van der Waals surface area contributed by atoms with E-state index in [1.165, 1.54) is 44.5 Å². The molecule has 0 aromatic carbocycles. The van der Waals surface area contributed by atoms with E-state index in [-0.39, 0.29) is 0 Å². The first-order chi connectivity index (χ1) is 7.77. The lowest BCUT2D eigenvalue weighted by Crippen LogP contribution is -2.43. The molecule has 1 aliphatic rings. The average Bonchev–Trinajstić information content (AvgIpc) is 2.29. The lowest BCUT2D eigenvalue weighted by atomic mass is 9.84. The molecule has 2 nitrogen and oxygen atoms in total. The van der Waals surface area contributed by atoms with Crippen molar-refractivity contribution in [3.8, 4) is 0 Å². The van der Waals surface area contributed by atoms with Gasteiger partial charge in [-0.05, 0) is 38.6 Å². The Morgan fingerprint density at radius 3 is 2.75 bits per heavy atom. The van der Waals surface area contributed by atoms with Crippen LogP contribution in [0.1, 0.15) is 32.6 Å². The highest BCUT2D eigenvalue weighted by molar-refractivity contribution is 7.98. The standard InChI is InChI=1S/C13H28N2S/c1-4-14-13-8-6-5-7-12(13)11-15(2)9-10-16-3/h12-14H,4-11H2,1-3H3. The molecule has 0 heterocycles. The predicted molar refractivity (Wildman–Crippen MR) is 75.3 cm³/mol. The molecule has 0 saturated heterocycles. The molecule has 1 saturated carbocycles. The third kappa shape index (κ3) is 5.07. The maximum atomic E-state index is 3.66. The number of rotatable bonds is 7. The van der Waals surface area contributed by atoms with Crippen molar-refractivity contribution in [3.05, 3.63) is 0 Å². The van der Waals surface area contributed by atoms with Crippen molar-refractivity contribution in [1.82, 2.24) is 10.2 Å². The Balaban J connectivity index is 2.30. The fourth-order valence-electron chi connectivity index (χ4n) is 2.70. The van der Waals surface area contributed by atoms with Crippen molar-refractivity contribution in [3.63, 3.8) is 0 Å².